The Hall–Kier alpha value is -1.62. The van der Waals surface area contributed by atoms with E-state index >= 15 is 0 Å². The first-order valence-corrected chi connectivity index (χ1v) is 5.41. The Morgan fingerprint density at radius 3 is 2.59 bits per heavy atom. The van der Waals surface area contributed by atoms with Crippen molar-refractivity contribution in [3.63, 3.8) is 0 Å². The lowest BCUT2D eigenvalue weighted by Crippen LogP contribution is -2.30. The molecule has 1 rings (SSSR count). The number of rotatable bonds is 4. The van der Waals surface area contributed by atoms with E-state index in [1.54, 1.807) is 6.92 Å². The van der Waals surface area contributed by atoms with Crippen molar-refractivity contribution in [1.29, 1.82) is 0 Å². The van der Waals surface area contributed by atoms with Gasteiger partial charge in [0.2, 0.25) is 0 Å². The summed E-state index contributed by atoms with van der Waals surface area (Å²) in [4.78, 5) is 11.7. The Bertz CT molecular complexity index is 407. The number of hydrogen-bond donors (Lipinski definition) is 2. The minimum atomic E-state index is -0.584. The van der Waals surface area contributed by atoms with Gasteiger partial charge < -0.3 is 15.8 Å². The van der Waals surface area contributed by atoms with Crippen molar-refractivity contribution in [2.24, 2.45) is 0 Å². The Morgan fingerprint density at radius 1 is 1.41 bits per heavy atom. The standard InChI is InChI=1S/C12H17FN2O2/c1-7(2)17-8(3)12(16)15-11-5-4-9(13)6-10(11)14/h4-8H,14H2,1-3H3,(H,15,16). The van der Waals surface area contributed by atoms with Crippen molar-refractivity contribution >= 4 is 17.3 Å². The summed E-state index contributed by atoms with van der Waals surface area (Å²) in [5.74, 6) is -0.746. The minimum absolute atomic E-state index is 0.0404. The third kappa shape index (κ3) is 4.03. The molecule has 1 unspecified atom stereocenters. The molecule has 0 aromatic heterocycles. The molecule has 0 heterocycles. The maximum Gasteiger partial charge on any atom is 0.253 e. The highest BCUT2D eigenvalue weighted by Crippen LogP contribution is 2.19. The highest BCUT2D eigenvalue weighted by molar-refractivity contribution is 5.96. The number of halogens is 1. The third-order valence-corrected chi connectivity index (χ3v) is 2.12. The van der Waals surface area contributed by atoms with Gasteiger partial charge in [0.05, 0.1) is 17.5 Å². The molecule has 0 fully saturated rings. The van der Waals surface area contributed by atoms with Crippen LogP contribution in [0, 0.1) is 5.82 Å². The zero-order valence-electron chi connectivity index (χ0n) is 10.2. The molecule has 94 valence electrons. The van der Waals surface area contributed by atoms with Gasteiger partial charge in [0.1, 0.15) is 11.9 Å². The van der Waals surface area contributed by atoms with Gasteiger partial charge in [0.25, 0.3) is 5.91 Å². The maximum atomic E-state index is 12.8. The normalized spacial score (nSPS) is 12.5. The van der Waals surface area contributed by atoms with Crippen LogP contribution in [0.5, 0.6) is 0 Å². The number of carbonyl (C=O) groups excluding carboxylic acids is 1. The molecule has 0 spiro atoms. The van der Waals surface area contributed by atoms with Crippen LogP contribution < -0.4 is 11.1 Å². The van der Waals surface area contributed by atoms with Gasteiger partial charge in [-0.2, -0.15) is 0 Å². The molecule has 0 saturated carbocycles. The highest BCUT2D eigenvalue weighted by atomic mass is 19.1. The van der Waals surface area contributed by atoms with Gasteiger partial charge >= 0.3 is 0 Å². The summed E-state index contributed by atoms with van der Waals surface area (Å²) in [6, 6.07) is 3.81. The fraction of sp³-hybridized carbons (Fsp3) is 0.417. The molecular formula is C12H17FN2O2. The van der Waals surface area contributed by atoms with Crippen molar-refractivity contribution < 1.29 is 13.9 Å². The van der Waals surface area contributed by atoms with Gasteiger partial charge in [0.15, 0.2) is 0 Å². The minimum Gasteiger partial charge on any atom is -0.397 e. The zero-order valence-corrected chi connectivity index (χ0v) is 10.2. The summed E-state index contributed by atoms with van der Waals surface area (Å²) in [7, 11) is 0. The van der Waals surface area contributed by atoms with Gasteiger partial charge in [0, 0.05) is 0 Å². The molecule has 0 saturated heterocycles. The first-order valence-electron chi connectivity index (χ1n) is 5.41. The zero-order chi connectivity index (χ0) is 13.0. The third-order valence-electron chi connectivity index (χ3n) is 2.12. The lowest BCUT2D eigenvalue weighted by Gasteiger charge is -2.16. The molecule has 4 nitrogen and oxygen atoms in total. The molecule has 1 aromatic carbocycles. The fourth-order valence-electron chi connectivity index (χ4n) is 1.35. The Kier molecular flexibility index (Phi) is 4.45. The maximum absolute atomic E-state index is 12.8. The number of benzene rings is 1. The molecule has 1 amide bonds. The van der Waals surface area contributed by atoms with Crippen LogP contribution in [0.1, 0.15) is 20.8 Å². The van der Waals surface area contributed by atoms with Crippen LogP contribution in [0.25, 0.3) is 0 Å². The lowest BCUT2D eigenvalue weighted by molar-refractivity contribution is -0.128. The molecule has 3 N–H and O–H groups in total. The SMILES string of the molecule is CC(C)OC(C)C(=O)Nc1ccc(F)cc1N. The van der Waals surface area contributed by atoms with Crippen molar-refractivity contribution in [2.75, 3.05) is 11.1 Å². The largest absolute Gasteiger partial charge is 0.397 e. The second kappa shape index (κ2) is 5.63. The van der Waals surface area contributed by atoms with Gasteiger partial charge in [-0.1, -0.05) is 0 Å². The molecule has 0 bridgehead atoms. The van der Waals surface area contributed by atoms with Gasteiger partial charge in [-0.05, 0) is 39.0 Å². The van der Waals surface area contributed by atoms with Crippen LogP contribution in [-0.4, -0.2) is 18.1 Å². The van der Waals surface area contributed by atoms with E-state index in [-0.39, 0.29) is 17.7 Å². The van der Waals surface area contributed by atoms with E-state index in [1.165, 1.54) is 12.1 Å². The molecule has 5 heteroatoms. The Balaban J connectivity index is 2.67. The molecular weight excluding hydrogens is 223 g/mol. The highest BCUT2D eigenvalue weighted by Gasteiger charge is 2.15. The smallest absolute Gasteiger partial charge is 0.253 e. The second-order valence-corrected chi connectivity index (χ2v) is 4.05. The predicted octanol–water partition coefficient (Wildman–Crippen LogP) is 2.16. The van der Waals surface area contributed by atoms with E-state index in [9.17, 15) is 9.18 Å². The monoisotopic (exact) mass is 240 g/mol. The molecule has 0 aliphatic carbocycles. The second-order valence-electron chi connectivity index (χ2n) is 4.05. The summed E-state index contributed by atoms with van der Waals surface area (Å²) >= 11 is 0. The number of nitrogens with one attached hydrogen (secondary N) is 1. The average Bonchev–Trinajstić information content (AvgIpc) is 2.21. The number of nitrogens with two attached hydrogens (primary N) is 1. The van der Waals surface area contributed by atoms with Gasteiger partial charge in [-0.15, -0.1) is 0 Å². The fourth-order valence-corrected chi connectivity index (χ4v) is 1.35. The lowest BCUT2D eigenvalue weighted by atomic mass is 10.2. The number of ether oxygens (including phenoxy) is 1. The summed E-state index contributed by atoms with van der Waals surface area (Å²) in [6.45, 7) is 5.33. The molecule has 0 aliphatic heterocycles. The summed E-state index contributed by atoms with van der Waals surface area (Å²) in [5.41, 5.74) is 6.15. The number of nitrogen functional groups attached to an aromatic ring is 1. The van der Waals surface area contributed by atoms with Crippen LogP contribution in [0.3, 0.4) is 0 Å². The van der Waals surface area contributed by atoms with Crippen LogP contribution in [0.4, 0.5) is 15.8 Å². The van der Waals surface area contributed by atoms with Crippen LogP contribution in [0.2, 0.25) is 0 Å². The van der Waals surface area contributed by atoms with Crippen molar-refractivity contribution in [2.45, 2.75) is 33.0 Å². The van der Waals surface area contributed by atoms with Crippen molar-refractivity contribution in [3.05, 3.63) is 24.0 Å². The first kappa shape index (κ1) is 13.4. The number of carbonyl (C=O) groups is 1. The number of hydrogen-bond acceptors (Lipinski definition) is 3. The van der Waals surface area contributed by atoms with Crippen molar-refractivity contribution in [3.8, 4) is 0 Å². The van der Waals surface area contributed by atoms with Crippen LogP contribution in [0.15, 0.2) is 18.2 Å². The van der Waals surface area contributed by atoms with E-state index < -0.39 is 11.9 Å². The first-order chi connectivity index (χ1) is 7.90. The van der Waals surface area contributed by atoms with E-state index in [4.69, 9.17) is 10.5 Å². The summed E-state index contributed by atoms with van der Waals surface area (Å²) in [6.07, 6.45) is -0.624. The average molecular weight is 240 g/mol. The quantitative estimate of drug-likeness (QED) is 0.793. The molecule has 0 aliphatic rings. The Morgan fingerprint density at radius 2 is 2.06 bits per heavy atom. The van der Waals surface area contributed by atoms with Gasteiger partial charge in [-0.3, -0.25) is 4.79 Å². The summed E-state index contributed by atoms with van der Waals surface area (Å²) < 4.78 is 18.1. The Labute approximate surface area is 100.0 Å². The van der Waals surface area contributed by atoms with E-state index in [1.807, 2.05) is 13.8 Å². The summed E-state index contributed by atoms with van der Waals surface area (Å²) in [5, 5.41) is 2.59. The number of amides is 1. The van der Waals surface area contributed by atoms with E-state index in [2.05, 4.69) is 5.32 Å². The van der Waals surface area contributed by atoms with E-state index in [0.29, 0.717) is 5.69 Å². The van der Waals surface area contributed by atoms with Crippen LogP contribution in [-0.2, 0) is 9.53 Å². The molecule has 17 heavy (non-hydrogen) atoms. The van der Waals surface area contributed by atoms with Crippen molar-refractivity contribution in [1.82, 2.24) is 0 Å². The van der Waals surface area contributed by atoms with Crippen LogP contribution >= 0.6 is 0 Å². The number of anilines is 2. The molecule has 1 atom stereocenters. The molecule has 0 radical (unpaired) electrons. The molecule has 1 aromatic rings. The topological polar surface area (TPSA) is 64.3 Å². The van der Waals surface area contributed by atoms with E-state index in [0.717, 1.165) is 6.07 Å². The van der Waals surface area contributed by atoms with Gasteiger partial charge in [-0.25, -0.2) is 4.39 Å². The predicted molar refractivity (Wildman–Crippen MR) is 65.1 cm³/mol.